The fourth-order valence-corrected chi connectivity index (χ4v) is 6.97. The number of para-hydroxylation sites is 1. The van der Waals surface area contributed by atoms with Crippen LogP contribution in [-0.4, -0.2) is 51.4 Å². The van der Waals surface area contributed by atoms with Crippen molar-refractivity contribution in [2.24, 2.45) is 0 Å². The number of benzene rings is 2. The van der Waals surface area contributed by atoms with E-state index < -0.39 is 21.1 Å². The second-order valence-electron chi connectivity index (χ2n) is 10.2. The lowest BCUT2D eigenvalue weighted by molar-refractivity contribution is 0.0985. The van der Waals surface area contributed by atoms with E-state index in [9.17, 15) is 13.6 Å². The maximum atomic E-state index is 13.9. The summed E-state index contributed by atoms with van der Waals surface area (Å²) in [7, 11) is -3.47. The van der Waals surface area contributed by atoms with Crippen LogP contribution >= 0.6 is 0 Å². The molecule has 2 aromatic heterocycles. The third-order valence-electron chi connectivity index (χ3n) is 7.39. The van der Waals surface area contributed by atoms with E-state index in [1.54, 1.807) is 48.5 Å². The van der Waals surface area contributed by atoms with Crippen LogP contribution in [0.5, 0.6) is 5.75 Å². The first-order valence-corrected chi connectivity index (χ1v) is 14.9. The molecule has 2 aliphatic rings. The molecule has 1 aliphatic heterocycles. The first kappa shape index (κ1) is 27.0. The molecule has 11 heteroatoms. The number of hydrogen-bond donors (Lipinski definition) is 2. The highest BCUT2D eigenvalue weighted by Gasteiger charge is 2.67. The summed E-state index contributed by atoms with van der Waals surface area (Å²) in [6, 6.07) is 21.0. The smallest absolute Gasteiger partial charge is 0.410 e. The van der Waals surface area contributed by atoms with Gasteiger partial charge in [0.25, 0.3) is 10.2 Å². The number of nitrogens with one attached hydrogen (secondary N) is 1. The number of carbonyl (C=O) groups is 1. The molecule has 4 aromatic rings. The Hall–Kier alpha value is -4.19. The maximum Gasteiger partial charge on any atom is 0.417 e. The third-order valence-corrected chi connectivity index (χ3v) is 9.98. The van der Waals surface area contributed by atoms with Crippen LogP contribution in [0.4, 0.5) is 16.3 Å². The zero-order valence-corrected chi connectivity index (χ0v) is 23.3. The van der Waals surface area contributed by atoms with E-state index in [1.165, 1.54) is 12.4 Å². The molecule has 6 rings (SSSR count). The second kappa shape index (κ2) is 11.0. The largest absolute Gasteiger partial charge is 0.417 e. The van der Waals surface area contributed by atoms with Crippen molar-refractivity contribution in [2.45, 2.75) is 35.4 Å². The average molecular weight is 573 g/mol. The van der Waals surface area contributed by atoms with Crippen molar-refractivity contribution >= 4 is 27.8 Å². The van der Waals surface area contributed by atoms with E-state index in [1.807, 2.05) is 24.3 Å². The predicted octanol–water partition coefficient (Wildman–Crippen LogP) is 5.40. The summed E-state index contributed by atoms with van der Waals surface area (Å²) in [5, 5.41) is 2.72. The monoisotopic (exact) mass is 572 g/mol. The van der Waals surface area contributed by atoms with Gasteiger partial charge in [0.2, 0.25) is 4.75 Å². The SMILES string of the molecule is C[C@H]1COCCN1c1cc(C2([S+](=O)(O)c3ccncc3)CC2)nc(-c2ccc(NC(=O)Oc3ccccc3)cc2)n1. The second-order valence-corrected chi connectivity index (χ2v) is 12.5. The molecule has 2 atom stereocenters. The molecule has 2 aromatic carbocycles. The van der Waals surface area contributed by atoms with Gasteiger partial charge in [-0.2, -0.15) is 4.55 Å². The van der Waals surface area contributed by atoms with Crippen molar-refractivity contribution in [3.05, 3.63) is 90.9 Å². The Morgan fingerprint density at radius 3 is 2.49 bits per heavy atom. The van der Waals surface area contributed by atoms with Gasteiger partial charge in [-0.25, -0.2) is 14.8 Å². The molecule has 2 N–H and O–H groups in total. The van der Waals surface area contributed by atoms with Crippen LogP contribution in [0.2, 0.25) is 0 Å². The van der Waals surface area contributed by atoms with E-state index in [4.69, 9.17) is 19.4 Å². The van der Waals surface area contributed by atoms with Gasteiger partial charge in [-0.15, -0.1) is 0 Å². The van der Waals surface area contributed by atoms with Gasteiger partial charge in [0, 0.05) is 61.2 Å². The minimum Gasteiger partial charge on any atom is -0.410 e. The van der Waals surface area contributed by atoms with Crippen molar-refractivity contribution in [3.63, 3.8) is 0 Å². The molecule has 1 amide bonds. The summed E-state index contributed by atoms with van der Waals surface area (Å²) in [4.78, 5) is 28.6. The highest BCUT2D eigenvalue weighted by atomic mass is 32.3. The first-order chi connectivity index (χ1) is 19.9. The lowest BCUT2D eigenvalue weighted by Crippen LogP contribution is -2.44. The van der Waals surface area contributed by atoms with E-state index >= 15 is 0 Å². The fourth-order valence-electron chi connectivity index (χ4n) is 4.99. The van der Waals surface area contributed by atoms with Crippen LogP contribution in [0.15, 0.2) is 90.1 Å². The number of ether oxygens (including phenoxy) is 2. The van der Waals surface area contributed by atoms with E-state index in [2.05, 4.69) is 22.1 Å². The Morgan fingerprint density at radius 2 is 1.80 bits per heavy atom. The Bertz CT molecular complexity index is 1580. The summed E-state index contributed by atoms with van der Waals surface area (Å²) in [6.45, 7) is 3.84. The molecule has 0 bridgehead atoms. The average Bonchev–Trinajstić information content (AvgIpc) is 3.82. The molecule has 41 heavy (non-hydrogen) atoms. The summed E-state index contributed by atoms with van der Waals surface area (Å²) >= 11 is 0. The summed E-state index contributed by atoms with van der Waals surface area (Å²) < 4.78 is 35.3. The Labute approximate surface area is 239 Å². The van der Waals surface area contributed by atoms with Crippen molar-refractivity contribution in [2.75, 3.05) is 30.0 Å². The van der Waals surface area contributed by atoms with E-state index in [0.29, 0.717) is 71.8 Å². The minimum absolute atomic E-state index is 0.0791. The predicted molar refractivity (Wildman–Crippen MR) is 155 cm³/mol. The Balaban J connectivity index is 1.33. The molecule has 1 saturated carbocycles. The number of hydrogen-bond acceptors (Lipinski definition) is 8. The van der Waals surface area contributed by atoms with Gasteiger partial charge in [0.05, 0.1) is 19.3 Å². The molecule has 1 saturated heterocycles. The van der Waals surface area contributed by atoms with Crippen LogP contribution in [-0.2, 0) is 23.9 Å². The molecule has 0 spiro atoms. The van der Waals surface area contributed by atoms with Gasteiger partial charge in [-0.3, -0.25) is 10.3 Å². The van der Waals surface area contributed by atoms with Gasteiger partial charge in [-0.1, -0.05) is 22.4 Å². The number of pyridine rings is 1. The molecule has 2 fully saturated rings. The molecule has 10 nitrogen and oxygen atoms in total. The highest BCUT2D eigenvalue weighted by Crippen LogP contribution is 2.57. The number of rotatable bonds is 7. The fraction of sp³-hybridized carbons (Fsp3) is 0.267. The molecular formula is C30H30N5O5S+. The van der Waals surface area contributed by atoms with Gasteiger partial charge in [0.15, 0.2) is 10.7 Å². The number of amides is 1. The van der Waals surface area contributed by atoms with Gasteiger partial charge in [0.1, 0.15) is 17.3 Å². The van der Waals surface area contributed by atoms with Crippen LogP contribution in [0.1, 0.15) is 25.5 Å². The number of anilines is 2. The van der Waals surface area contributed by atoms with Crippen LogP contribution in [0.25, 0.3) is 11.4 Å². The quantitative estimate of drug-likeness (QED) is 0.280. The number of carbonyl (C=O) groups excluding carboxylic acids is 1. The Morgan fingerprint density at radius 1 is 1.07 bits per heavy atom. The summed E-state index contributed by atoms with van der Waals surface area (Å²) in [6.07, 6.45) is 3.52. The van der Waals surface area contributed by atoms with Crippen LogP contribution in [0, 0.1) is 0 Å². The molecule has 3 heterocycles. The van der Waals surface area contributed by atoms with Crippen LogP contribution in [0.3, 0.4) is 0 Å². The number of nitrogens with zero attached hydrogens (tertiary/aromatic N) is 4. The normalized spacial score (nSPS) is 19.2. The zero-order chi connectivity index (χ0) is 28.5. The molecule has 1 aliphatic carbocycles. The minimum atomic E-state index is -3.47. The number of morpholine rings is 1. The zero-order valence-electron chi connectivity index (χ0n) is 22.5. The maximum absolute atomic E-state index is 13.9. The number of aromatic nitrogens is 3. The molecule has 0 radical (unpaired) electrons. The van der Waals surface area contributed by atoms with Crippen molar-refractivity contribution in [1.82, 2.24) is 15.0 Å². The molecule has 1 unspecified atom stereocenters. The lowest BCUT2D eigenvalue weighted by Gasteiger charge is -2.34. The third kappa shape index (κ3) is 5.43. The van der Waals surface area contributed by atoms with Crippen LogP contribution < -0.4 is 15.0 Å². The van der Waals surface area contributed by atoms with E-state index in [0.717, 1.165) is 0 Å². The Kier molecular flexibility index (Phi) is 7.24. The standard InChI is InChI=1S/C30H29N5O5S/c1-21-20-39-18-17-35(21)27-19-26(30(13-14-30)41(37,38)25-11-15-31-16-12-25)33-28(34-27)22-7-9-23(10-8-22)32-29(36)40-24-5-3-2-4-6-24/h2-12,15-16,19,21H,13-14,17-18,20H2,1H3,(H-,32,33,34,36,37,38)/p+1/t21-/m0/s1. The molecular weight excluding hydrogens is 542 g/mol. The van der Waals surface area contributed by atoms with Gasteiger partial charge >= 0.3 is 6.09 Å². The van der Waals surface area contributed by atoms with Gasteiger partial charge in [-0.05, 0) is 43.3 Å². The van der Waals surface area contributed by atoms with Crippen molar-refractivity contribution < 1.29 is 23.0 Å². The summed E-state index contributed by atoms with van der Waals surface area (Å²) in [5.74, 6) is 1.56. The molecule has 210 valence electrons. The highest BCUT2D eigenvalue weighted by molar-refractivity contribution is 7.99. The lowest BCUT2D eigenvalue weighted by atomic mass is 10.1. The van der Waals surface area contributed by atoms with Crippen molar-refractivity contribution in [1.29, 1.82) is 0 Å². The van der Waals surface area contributed by atoms with E-state index in [-0.39, 0.29) is 6.04 Å². The summed E-state index contributed by atoms with van der Waals surface area (Å²) in [5.41, 5.74) is 1.79. The van der Waals surface area contributed by atoms with Crippen molar-refractivity contribution in [3.8, 4) is 17.1 Å². The first-order valence-electron chi connectivity index (χ1n) is 13.4. The van der Waals surface area contributed by atoms with Gasteiger partial charge < -0.3 is 14.4 Å². The topological polar surface area (TPSA) is 127 Å².